The minimum Gasteiger partial charge on any atom is -0.486 e. The zero-order valence-corrected chi connectivity index (χ0v) is 40.0. The van der Waals surface area contributed by atoms with Crippen molar-refractivity contribution >= 4 is 23.6 Å². The first-order chi connectivity index (χ1) is 33.6. The summed E-state index contributed by atoms with van der Waals surface area (Å²) in [4.78, 5) is 55.6. The first-order valence-electron chi connectivity index (χ1n) is 23.3. The topological polar surface area (TPSA) is 198 Å². The van der Waals surface area contributed by atoms with E-state index in [-0.39, 0.29) is 117 Å². The van der Waals surface area contributed by atoms with E-state index < -0.39 is 5.41 Å². The molecule has 0 fully saturated rings. The van der Waals surface area contributed by atoms with Gasteiger partial charge in [0.1, 0.15) is 39.6 Å². The van der Waals surface area contributed by atoms with E-state index in [9.17, 15) is 19.2 Å². The molecule has 0 atom stereocenters. The molecule has 3 rings (SSSR count). The molecular formula is C54H71N5O10. The average molecular weight is 950 g/mol. The number of amides is 4. The van der Waals surface area contributed by atoms with E-state index in [1.54, 1.807) is 91.1 Å². The summed E-state index contributed by atoms with van der Waals surface area (Å²) < 4.78 is 34.9. The molecule has 0 heterocycles. The van der Waals surface area contributed by atoms with Gasteiger partial charge >= 0.3 is 0 Å². The third-order valence-corrected chi connectivity index (χ3v) is 10.5. The van der Waals surface area contributed by atoms with Crippen LogP contribution < -0.4 is 55.4 Å². The minimum atomic E-state index is -0.979. The smallest absolute Gasteiger partial charge is 0.255 e. The predicted octanol–water partition coefficient (Wildman–Crippen LogP) is 7.85. The van der Waals surface area contributed by atoms with Crippen molar-refractivity contribution < 1.29 is 47.6 Å². The zero-order valence-electron chi connectivity index (χ0n) is 40.0. The maximum atomic E-state index is 14.5. The van der Waals surface area contributed by atoms with E-state index in [1.807, 2.05) is 0 Å². The number of ether oxygens (including phenoxy) is 6. The van der Waals surface area contributed by atoms with E-state index in [4.69, 9.17) is 34.2 Å². The molecule has 0 spiro atoms. The number of nitrogens with two attached hydrogens (primary N) is 1. The maximum absolute atomic E-state index is 14.5. The molecule has 372 valence electrons. The van der Waals surface area contributed by atoms with Gasteiger partial charge in [-0.1, -0.05) is 94.1 Å². The van der Waals surface area contributed by atoms with Gasteiger partial charge in [-0.15, -0.1) is 0 Å². The number of carbonyl (C=O) groups excluding carboxylic acids is 4. The Morgan fingerprint density at radius 2 is 0.739 bits per heavy atom. The highest BCUT2D eigenvalue weighted by Gasteiger charge is 2.37. The van der Waals surface area contributed by atoms with Crippen LogP contribution in [0.1, 0.15) is 82.4 Å². The van der Waals surface area contributed by atoms with E-state index in [0.717, 1.165) is 6.42 Å². The van der Waals surface area contributed by atoms with Crippen molar-refractivity contribution in [2.75, 3.05) is 72.4 Å². The number of unbranched alkanes of at least 4 members (excludes halogenated alkanes) is 1. The zero-order chi connectivity index (χ0) is 50.1. The standard InChI is InChI=1S/C54H71N5O10/c1-7-35-64-44-24-15-21-41(47(44)67-38-10-4)50(60)56-32-18-27-54(53(63)59-31-14-13-30-55,28-19-33-57-51(61)42-22-16-25-45(65-36-8-2)48(42)68-39-11-5)29-20-34-58-52(62)43-23-17-26-46(66-37-9-3)49(43)69-40-12-6/h7-12,15-17,21-26H,1-6,13-14,18-20,27-40,55H2,(H,56,60)(H,57,61)(H,58,62)(H,59,63). The van der Waals surface area contributed by atoms with Crippen LogP contribution in [0.15, 0.2) is 131 Å². The first kappa shape index (κ1) is 56.1. The number of benzene rings is 3. The van der Waals surface area contributed by atoms with Gasteiger partial charge in [0.2, 0.25) is 5.91 Å². The molecule has 3 aromatic carbocycles. The van der Waals surface area contributed by atoms with Crippen LogP contribution in [0, 0.1) is 5.41 Å². The van der Waals surface area contributed by atoms with Gasteiger partial charge in [0.15, 0.2) is 34.5 Å². The third kappa shape index (κ3) is 18.4. The lowest BCUT2D eigenvalue weighted by molar-refractivity contribution is -0.132. The largest absolute Gasteiger partial charge is 0.486 e. The highest BCUT2D eigenvalue weighted by Crippen LogP contribution is 2.37. The number of rotatable bonds is 38. The normalized spacial score (nSPS) is 10.6. The Labute approximate surface area is 407 Å². The molecule has 0 unspecified atom stereocenters. The number of hydrogen-bond donors (Lipinski definition) is 5. The molecule has 3 aromatic rings. The molecule has 6 N–H and O–H groups in total. The van der Waals surface area contributed by atoms with Gasteiger partial charge in [0, 0.05) is 31.6 Å². The Morgan fingerprint density at radius 1 is 0.435 bits per heavy atom. The summed E-state index contributed by atoms with van der Waals surface area (Å²) in [5, 5.41) is 12.1. The van der Waals surface area contributed by atoms with Crippen LogP contribution in [-0.4, -0.2) is 96.0 Å². The third-order valence-electron chi connectivity index (χ3n) is 10.5. The summed E-state index contributed by atoms with van der Waals surface area (Å²) >= 11 is 0. The van der Waals surface area contributed by atoms with Crippen molar-refractivity contribution in [3.8, 4) is 34.5 Å². The van der Waals surface area contributed by atoms with Crippen molar-refractivity contribution in [3.05, 3.63) is 147 Å². The van der Waals surface area contributed by atoms with Crippen molar-refractivity contribution in [1.29, 1.82) is 0 Å². The molecule has 69 heavy (non-hydrogen) atoms. The Bertz CT molecular complexity index is 1950. The number of nitrogens with one attached hydrogen (secondary N) is 4. The van der Waals surface area contributed by atoms with E-state index in [1.165, 1.54) is 0 Å². The predicted molar refractivity (Wildman–Crippen MR) is 272 cm³/mol. The summed E-state index contributed by atoms with van der Waals surface area (Å²) in [7, 11) is 0. The fourth-order valence-electron chi connectivity index (χ4n) is 7.29. The second-order valence-corrected chi connectivity index (χ2v) is 15.6. The second kappa shape index (κ2) is 32.4. The summed E-state index contributed by atoms with van der Waals surface area (Å²) in [6.45, 7) is 25.0. The molecule has 0 bridgehead atoms. The highest BCUT2D eigenvalue weighted by molar-refractivity contribution is 5.99. The van der Waals surface area contributed by atoms with Crippen LogP contribution in [0.4, 0.5) is 0 Å². The highest BCUT2D eigenvalue weighted by atomic mass is 16.5. The Hall–Kier alpha value is -7.26. The van der Waals surface area contributed by atoms with Gasteiger partial charge in [-0.2, -0.15) is 0 Å². The number of hydrogen-bond acceptors (Lipinski definition) is 11. The lowest BCUT2D eigenvalue weighted by Gasteiger charge is -2.33. The molecule has 0 aliphatic heterocycles. The maximum Gasteiger partial charge on any atom is 0.255 e. The van der Waals surface area contributed by atoms with Crippen LogP contribution in [0.3, 0.4) is 0 Å². The van der Waals surface area contributed by atoms with E-state index >= 15 is 0 Å². The van der Waals surface area contributed by atoms with Crippen LogP contribution in [-0.2, 0) is 4.79 Å². The fourth-order valence-corrected chi connectivity index (χ4v) is 7.29. The van der Waals surface area contributed by atoms with Gasteiger partial charge in [0.05, 0.1) is 16.7 Å². The molecule has 0 aliphatic carbocycles. The summed E-state index contributed by atoms with van der Waals surface area (Å²) in [6, 6.07) is 15.2. The summed E-state index contributed by atoms with van der Waals surface area (Å²) in [6.07, 6.45) is 13.3. The molecule has 0 aromatic heterocycles. The molecule has 15 heteroatoms. The lowest BCUT2D eigenvalue weighted by Crippen LogP contribution is -2.43. The van der Waals surface area contributed by atoms with Crippen LogP contribution >= 0.6 is 0 Å². The summed E-state index contributed by atoms with van der Waals surface area (Å²) in [5.41, 5.74) is 5.63. The average Bonchev–Trinajstić information content (AvgIpc) is 3.36. The molecular weight excluding hydrogens is 879 g/mol. The van der Waals surface area contributed by atoms with Crippen LogP contribution in [0.5, 0.6) is 34.5 Å². The van der Waals surface area contributed by atoms with Crippen molar-refractivity contribution in [3.63, 3.8) is 0 Å². The Morgan fingerprint density at radius 3 is 1.04 bits per heavy atom. The lowest BCUT2D eigenvalue weighted by atomic mass is 9.74. The Balaban J connectivity index is 1.90. The SMILES string of the molecule is C=CCOc1cccc(C(=O)NCCCC(CCCNC(=O)c2cccc(OCC=C)c2OCC=C)(CCCNC(=O)c2cccc(OCC=C)c2OCC=C)C(=O)NCCCCN)c1OCC=C. The summed E-state index contributed by atoms with van der Waals surface area (Å²) in [5.74, 6) is 0.666. The second-order valence-electron chi connectivity index (χ2n) is 15.6. The quantitative estimate of drug-likeness (QED) is 0.0277. The molecule has 4 amide bonds. The van der Waals surface area contributed by atoms with Crippen molar-refractivity contribution in [2.24, 2.45) is 11.1 Å². The van der Waals surface area contributed by atoms with E-state index in [2.05, 4.69) is 60.7 Å². The molecule has 0 saturated heterocycles. The Kier molecular flexibility index (Phi) is 26.4. The van der Waals surface area contributed by atoms with Gasteiger partial charge < -0.3 is 55.4 Å². The number of carbonyl (C=O) groups is 4. The van der Waals surface area contributed by atoms with Gasteiger partial charge in [0.25, 0.3) is 17.7 Å². The monoisotopic (exact) mass is 950 g/mol. The fraction of sp³-hybridized carbons (Fsp3) is 0.370. The van der Waals surface area contributed by atoms with Crippen LogP contribution in [0.25, 0.3) is 0 Å². The van der Waals surface area contributed by atoms with Crippen LogP contribution in [0.2, 0.25) is 0 Å². The van der Waals surface area contributed by atoms with Gasteiger partial charge in [-0.3, -0.25) is 19.2 Å². The van der Waals surface area contributed by atoms with E-state index in [0.29, 0.717) is 75.3 Å². The van der Waals surface area contributed by atoms with Crippen molar-refractivity contribution in [2.45, 2.75) is 51.4 Å². The first-order valence-corrected chi connectivity index (χ1v) is 23.3. The van der Waals surface area contributed by atoms with Crippen molar-refractivity contribution in [1.82, 2.24) is 21.3 Å². The molecule has 0 saturated carbocycles. The molecule has 15 nitrogen and oxygen atoms in total. The molecule has 0 aliphatic rings. The molecule has 0 radical (unpaired) electrons. The van der Waals surface area contributed by atoms with Gasteiger partial charge in [-0.05, 0) is 94.3 Å². The van der Waals surface area contributed by atoms with Gasteiger partial charge in [-0.25, -0.2) is 0 Å². The number of para-hydroxylation sites is 3. The minimum absolute atomic E-state index is 0.153.